The highest BCUT2D eigenvalue weighted by Crippen LogP contribution is 2.45. The molecule has 1 aromatic carbocycles. The number of hydrogen-bond donors (Lipinski definition) is 0. The number of benzene rings is 1. The largest absolute Gasteiger partial charge is 0.351 e. The molecule has 3 fully saturated rings. The van der Waals surface area contributed by atoms with E-state index in [1.54, 1.807) is 5.57 Å². The molecule has 2 unspecified atom stereocenters. The van der Waals surface area contributed by atoms with E-state index in [9.17, 15) is 4.79 Å². The predicted octanol–water partition coefficient (Wildman–Crippen LogP) is 4.21. The van der Waals surface area contributed by atoms with Crippen molar-refractivity contribution in [2.45, 2.75) is 50.6 Å². The van der Waals surface area contributed by atoms with Crippen LogP contribution < -0.4 is 0 Å². The Kier molecular flexibility index (Phi) is 4.12. The van der Waals surface area contributed by atoms with Crippen molar-refractivity contribution in [2.75, 3.05) is 19.6 Å². The Morgan fingerprint density at radius 2 is 2.03 bits per heavy atom. The lowest BCUT2D eigenvalue weighted by molar-refractivity contribution is 0.00148. The minimum atomic E-state index is 0.225. The molecule has 4 heterocycles. The van der Waals surface area contributed by atoms with Gasteiger partial charge in [0.1, 0.15) is 0 Å². The van der Waals surface area contributed by atoms with Crippen LogP contribution in [-0.4, -0.2) is 52.0 Å². The lowest BCUT2D eigenvalue weighted by Gasteiger charge is -2.54. The average molecular weight is 390 g/mol. The second-order valence-corrected chi connectivity index (χ2v) is 9.71. The Morgan fingerprint density at radius 3 is 2.97 bits per heavy atom. The zero-order chi connectivity index (χ0) is 19.5. The van der Waals surface area contributed by atoms with Crippen LogP contribution in [0, 0.1) is 11.8 Å². The van der Waals surface area contributed by atoms with Crippen molar-refractivity contribution in [3.05, 3.63) is 47.7 Å². The Bertz CT molecular complexity index is 989. The summed E-state index contributed by atoms with van der Waals surface area (Å²) in [6.45, 7) is 3.34. The summed E-state index contributed by atoms with van der Waals surface area (Å²) < 4.78 is 2.11. The van der Waals surface area contributed by atoms with Crippen LogP contribution in [0.25, 0.3) is 10.9 Å². The van der Waals surface area contributed by atoms with Gasteiger partial charge in [0.25, 0.3) is 5.91 Å². The van der Waals surface area contributed by atoms with Gasteiger partial charge < -0.3 is 9.47 Å². The second-order valence-electron chi connectivity index (χ2n) is 9.71. The highest BCUT2D eigenvalue weighted by Gasteiger charge is 2.46. The molecule has 29 heavy (non-hydrogen) atoms. The van der Waals surface area contributed by atoms with Gasteiger partial charge in [0.2, 0.25) is 0 Å². The van der Waals surface area contributed by atoms with E-state index in [1.165, 1.54) is 50.6 Å². The van der Waals surface area contributed by atoms with Gasteiger partial charge in [-0.1, -0.05) is 24.1 Å². The van der Waals surface area contributed by atoms with Crippen molar-refractivity contribution >= 4 is 16.8 Å². The van der Waals surface area contributed by atoms with Gasteiger partial charge in [0.15, 0.2) is 0 Å². The maximum Gasteiger partial charge on any atom is 0.254 e. The molecule has 0 N–H and O–H groups in total. The summed E-state index contributed by atoms with van der Waals surface area (Å²) in [5.74, 6) is 1.55. The van der Waals surface area contributed by atoms with Crippen molar-refractivity contribution in [3.63, 3.8) is 0 Å². The molecule has 1 amide bonds. The van der Waals surface area contributed by atoms with Crippen molar-refractivity contribution in [1.29, 1.82) is 0 Å². The molecule has 4 heteroatoms. The zero-order valence-corrected chi connectivity index (χ0v) is 17.4. The topological polar surface area (TPSA) is 28.5 Å². The van der Waals surface area contributed by atoms with Gasteiger partial charge in [-0.05, 0) is 74.1 Å². The number of carbonyl (C=O) groups is 1. The molecule has 4 nitrogen and oxygen atoms in total. The first-order valence-electron chi connectivity index (χ1n) is 11.5. The number of piperidine rings is 3. The van der Waals surface area contributed by atoms with E-state index in [2.05, 4.69) is 51.9 Å². The van der Waals surface area contributed by atoms with E-state index in [0.29, 0.717) is 12.0 Å². The second kappa shape index (κ2) is 6.73. The third kappa shape index (κ3) is 2.79. The summed E-state index contributed by atoms with van der Waals surface area (Å²) >= 11 is 0. The van der Waals surface area contributed by atoms with E-state index in [4.69, 9.17) is 0 Å². The SMILES string of the molecule is Cn1ccc2ccc(C(=O)N3CCCC4=C[C@H]5C[C@@H](CN6CCCCC56)C43)cc21. The number of hydrogen-bond acceptors (Lipinski definition) is 2. The van der Waals surface area contributed by atoms with E-state index in [0.717, 1.165) is 36.0 Å². The first-order valence-corrected chi connectivity index (χ1v) is 11.5. The van der Waals surface area contributed by atoms with Crippen LogP contribution in [0.2, 0.25) is 0 Å². The molecule has 0 saturated carbocycles. The molecular formula is C25H31N3O. The van der Waals surface area contributed by atoms with Crippen LogP contribution >= 0.6 is 0 Å². The van der Waals surface area contributed by atoms with Gasteiger partial charge in [-0.3, -0.25) is 9.69 Å². The van der Waals surface area contributed by atoms with Gasteiger partial charge in [0.05, 0.1) is 6.04 Å². The third-order valence-electron chi connectivity index (χ3n) is 8.05. The molecular weight excluding hydrogens is 358 g/mol. The van der Waals surface area contributed by atoms with Crippen LogP contribution in [0.1, 0.15) is 48.9 Å². The van der Waals surface area contributed by atoms with Gasteiger partial charge in [-0.15, -0.1) is 0 Å². The number of carbonyl (C=O) groups excluding carboxylic acids is 1. The Labute approximate surface area is 173 Å². The standard InChI is InChI=1S/C25H31N3O/c1-26-12-9-17-7-8-19(15-23(17)26)25(29)28-11-4-5-18-13-20-14-21(24(18)28)16-27-10-3-2-6-22(20)27/h7-9,12-13,15,20-22,24H,2-6,10-11,14,16H2,1H3/t20-,21-,22?,24?/m0/s1. The van der Waals surface area contributed by atoms with E-state index in [1.807, 2.05) is 6.07 Å². The molecule has 4 atom stereocenters. The van der Waals surface area contributed by atoms with E-state index < -0.39 is 0 Å². The fourth-order valence-corrected chi connectivity index (χ4v) is 6.76. The summed E-state index contributed by atoms with van der Waals surface area (Å²) in [4.78, 5) is 18.6. The first kappa shape index (κ1) is 17.8. The molecule has 152 valence electrons. The fourth-order valence-electron chi connectivity index (χ4n) is 6.76. The third-order valence-corrected chi connectivity index (χ3v) is 8.05. The summed E-state index contributed by atoms with van der Waals surface area (Å²) in [7, 11) is 2.05. The Hall–Kier alpha value is -2.07. The van der Waals surface area contributed by atoms with Gasteiger partial charge in [-0.25, -0.2) is 0 Å². The van der Waals surface area contributed by atoms with Gasteiger partial charge in [-0.2, -0.15) is 0 Å². The van der Waals surface area contributed by atoms with Crippen LogP contribution in [-0.2, 0) is 7.05 Å². The number of fused-ring (bicyclic) bond motifs is 7. The Balaban J connectivity index is 1.34. The number of aryl methyl sites for hydroxylation is 1. The maximum absolute atomic E-state index is 13.7. The van der Waals surface area contributed by atoms with Crippen molar-refractivity contribution in [1.82, 2.24) is 14.4 Å². The molecule has 2 aromatic rings. The van der Waals surface area contributed by atoms with Crippen LogP contribution in [0.3, 0.4) is 0 Å². The molecule has 1 aromatic heterocycles. The summed E-state index contributed by atoms with van der Waals surface area (Å²) in [6, 6.07) is 9.40. The molecule has 0 radical (unpaired) electrons. The molecule has 1 aliphatic carbocycles. The van der Waals surface area contributed by atoms with Gasteiger partial charge in [0, 0.05) is 43.5 Å². The highest BCUT2D eigenvalue weighted by molar-refractivity contribution is 5.98. The zero-order valence-electron chi connectivity index (χ0n) is 17.4. The van der Waals surface area contributed by atoms with Crippen molar-refractivity contribution in [2.24, 2.45) is 18.9 Å². The molecule has 6 rings (SSSR count). The van der Waals surface area contributed by atoms with Gasteiger partial charge >= 0.3 is 0 Å². The number of likely N-dealkylation sites (tertiary alicyclic amines) is 1. The quantitative estimate of drug-likeness (QED) is 0.684. The minimum Gasteiger partial charge on any atom is -0.351 e. The van der Waals surface area contributed by atoms with Crippen molar-refractivity contribution in [3.8, 4) is 0 Å². The number of rotatable bonds is 1. The molecule has 2 bridgehead atoms. The van der Waals surface area contributed by atoms with E-state index in [-0.39, 0.29) is 5.91 Å². The lowest BCUT2D eigenvalue weighted by atomic mass is 9.68. The minimum absolute atomic E-state index is 0.225. The summed E-state index contributed by atoms with van der Waals surface area (Å²) in [5, 5.41) is 1.20. The van der Waals surface area contributed by atoms with Crippen LogP contribution in [0.15, 0.2) is 42.1 Å². The monoisotopic (exact) mass is 389 g/mol. The fraction of sp³-hybridized carbons (Fsp3) is 0.560. The normalized spacial score (nSPS) is 31.9. The number of amides is 1. The number of nitrogens with zero attached hydrogens (tertiary/aromatic N) is 3. The molecule has 0 spiro atoms. The molecule has 4 aliphatic rings. The average Bonchev–Trinajstić information content (AvgIpc) is 3.13. The molecule has 3 saturated heterocycles. The lowest BCUT2D eigenvalue weighted by Crippen LogP contribution is -2.60. The summed E-state index contributed by atoms with van der Waals surface area (Å²) in [6.07, 6.45) is 12.3. The van der Waals surface area contributed by atoms with Crippen LogP contribution in [0.5, 0.6) is 0 Å². The smallest absolute Gasteiger partial charge is 0.254 e. The number of aromatic nitrogens is 1. The first-order chi connectivity index (χ1) is 14.2. The predicted molar refractivity (Wildman–Crippen MR) is 116 cm³/mol. The van der Waals surface area contributed by atoms with Crippen LogP contribution in [0.4, 0.5) is 0 Å². The highest BCUT2D eigenvalue weighted by atomic mass is 16.2. The summed E-state index contributed by atoms with van der Waals surface area (Å²) in [5.41, 5.74) is 3.55. The molecule has 3 aliphatic heterocycles. The van der Waals surface area contributed by atoms with Crippen molar-refractivity contribution < 1.29 is 4.79 Å². The maximum atomic E-state index is 13.7. The Morgan fingerprint density at radius 1 is 1.10 bits per heavy atom. The van der Waals surface area contributed by atoms with E-state index >= 15 is 0 Å².